The number of nitrogens with zero attached hydrogens (tertiary/aromatic N) is 6. The number of carbonyl (C=O) groups is 1. The topological polar surface area (TPSA) is 88.8 Å². The van der Waals surface area contributed by atoms with Gasteiger partial charge in [-0.05, 0) is 38.8 Å². The summed E-state index contributed by atoms with van der Waals surface area (Å²) >= 11 is 0. The number of amides is 1. The first-order valence-corrected chi connectivity index (χ1v) is 7.83. The smallest absolute Gasteiger partial charge is 0.247 e. The van der Waals surface area contributed by atoms with Crippen LogP contribution in [0.5, 0.6) is 0 Å². The number of hydrogen-bond donors (Lipinski definition) is 1. The Balaban J connectivity index is 1.52. The summed E-state index contributed by atoms with van der Waals surface area (Å²) in [6.07, 6.45) is 4.81. The lowest BCUT2D eigenvalue weighted by Gasteiger charge is -2.34. The van der Waals surface area contributed by atoms with Crippen LogP contribution in [-0.4, -0.2) is 54.9 Å². The highest BCUT2D eigenvalue weighted by Gasteiger charge is 2.27. The molecule has 1 saturated heterocycles. The fourth-order valence-corrected chi connectivity index (χ4v) is 2.72. The number of aromatic nitrogens is 5. The molecule has 1 aliphatic heterocycles. The van der Waals surface area contributed by atoms with E-state index in [1.165, 1.54) is 6.33 Å². The van der Waals surface area contributed by atoms with Gasteiger partial charge in [0.15, 0.2) is 0 Å². The predicted octanol–water partition coefficient (Wildman–Crippen LogP) is 1.04. The Kier molecular flexibility index (Phi) is 4.50. The molecule has 0 spiro atoms. The summed E-state index contributed by atoms with van der Waals surface area (Å²) in [6, 6.07) is 3.88. The summed E-state index contributed by atoms with van der Waals surface area (Å²) in [5.41, 5.74) is 0.901. The molecule has 0 bridgehead atoms. The third-order valence-electron chi connectivity index (χ3n) is 4.15. The predicted molar refractivity (Wildman–Crippen MR) is 84.7 cm³/mol. The van der Waals surface area contributed by atoms with Crippen molar-refractivity contribution in [1.82, 2.24) is 29.9 Å². The van der Waals surface area contributed by atoms with Crippen LogP contribution in [0, 0.1) is 6.92 Å². The molecule has 23 heavy (non-hydrogen) atoms. The molecule has 1 N–H and O–H groups in total. The fourth-order valence-electron chi connectivity index (χ4n) is 2.72. The van der Waals surface area contributed by atoms with E-state index in [2.05, 4.69) is 25.6 Å². The van der Waals surface area contributed by atoms with Crippen molar-refractivity contribution < 1.29 is 4.79 Å². The first kappa shape index (κ1) is 15.4. The highest BCUT2D eigenvalue weighted by atomic mass is 16.2. The lowest BCUT2D eigenvalue weighted by atomic mass is 10.0. The summed E-state index contributed by atoms with van der Waals surface area (Å²) in [7, 11) is 0. The van der Waals surface area contributed by atoms with Gasteiger partial charge in [-0.1, -0.05) is 0 Å². The van der Waals surface area contributed by atoms with Crippen molar-refractivity contribution in [2.75, 3.05) is 18.4 Å². The number of anilines is 1. The zero-order valence-corrected chi connectivity index (χ0v) is 13.4. The maximum atomic E-state index is 12.5. The van der Waals surface area contributed by atoms with Crippen LogP contribution in [0.15, 0.2) is 24.8 Å². The lowest BCUT2D eigenvalue weighted by Crippen LogP contribution is -2.44. The van der Waals surface area contributed by atoms with E-state index in [9.17, 15) is 4.79 Å². The van der Waals surface area contributed by atoms with Crippen molar-refractivity contribution in [2.45, 2.75) is 38.8 Å². The molecule has 0 unspecified atom stereocenters. The average Bonchev–Trinajstić information content (AvgIpc) is 3.11. The van der Waals surface area contributed by atoms with Crippen LogP contribution in [0.25, 0.3) is 0 Å². The molecule has 8 heteroatoms. The van der Waals surface area contributed by atoms with Crippen LogP contribution < -0.4 is 5.32 Å². The molecule has 0 saturated carbocycles. The molecule has 3 rings (SSSR count). The van der Waals surface area contributed by atoms with Crippen LogP contribution in [0.2, 0.25) is 0 Å². The van der Waals surface area contributed by atoms with Crippen molar-refractivity contribution in [1.29, 1.82) is 0 Å². The molecule has 0 radical (unpaired) electrons. The van der Waals surface area contributed by atoms with Gasteiger partial charge in [0.2, 0.25) is 5.91 Å². The van der Waals surface area contributed by atoms with Crippen molar-refractivity contribution in [2.24, 2.45) is 0 Å². The van der Waals surface area contributed by atoms with Crippen molar-refractivity contribution in [3.05, 3.63) is 30.5 Å². The van der Waals surface area contributed by atoms with Gasteiger partial charge in [0, 0.05) is 19.1 Å². The summed E-state index contributed by atoms with van der Waals surface area (Å²) in [4.78, 5) is 18.3. The average molecular weight is 315 g/mol. The minimum Gasteiger partial charge on any atom is -0.366 e. The Morgan fingerprint density at radius 3 is 2.70 bits per heavy atom. The van der Waals surface area contributed by atoms with E-state index in [0.717, 1.165) is 37.4 Å². The number of piperidine rings is 1. The quantitative estimate of drug-likeness (QED) is 0.907. The second-order valence-electron chi connectivity index (χ2n) is 5.86. The largest absolute Gasteiger partial charge is 0.366 e. The molecule has 122 valence electrons. The highest BCUT2D eigenvalue weighted by Crippen LogP contribution is 2.18. The van der Waals surface area contributed by atoms with E-state index in [1.807, 2.05) is 30.9 Å². The number of aryl methyl sites for hydroxylation is 1. The molecule has 1 aliphatic rings. The lowest BCUT2D eigenvalue weighted by molar-refractivity contribution is -0.135. The number of carbonyl (C=O) groups excluding carboxylic acids is 1. The molecule has 0 aromatic carbocycles. The minimum atomic E-state index is -0.315. The number of hydrogen-bond acceptors (Lipinski definition) is 6. The van der Waals surface area contributed by atoms with Gasteiger partial charge in [0.1, 0.15) is 24.5 Å². The van der Waals surface area contributed by atoms with E-state index >= 15 is 0 Å². The second kappa shape index (κ2) is 6.72. The molecule has 1 amide bonds. The number of nitrogens with one attached hydrogen (secondary N) is 1. The Morgan fingerprint density at radius 2 is 2.09 bits per heavy atom. The summed E-state index contributed by atoms with van der Waals surface area (Å²) in [5.74, 6) is 0.875. The van der Waals surface area contributed by atoms with Gasteiger partial charge in [0.25, 0.3) is 0 Å². The molecule has 0 aliphatic carbocycles. The van der Waals surface area contributed by atoms with Crippen LogP contribution in [0.3, 0.4) is 0 Å². The van der Waals surface area contributed by atoms with Crippen LogP contribution in [0.4, 0.5) is 5.82 Å². The maximum absolute atomic E-state index is 12.5. The van der Waals surface area contributed by atoms with Crippen LogP contribution in [-0.2, 0) is 4.79 Å². The van der Waals surface area contributed by atoms with Crippen molar-refractivity contribution in [3.8, 4) is 0 Å². The Hall–Kier alpha value is -2.51. The first-order chi connectivity index (χ1) is 11.1. The zero-order chi connectivity index (χ0) is 16.2. The summed E-state index contributed by atoms with van der Waals surface area (Å²) in [6.45, 7) is 5.23. The minimum absolute atomic E-state index is 0.0871. The van der Waals surface area contributed by atoms with Gasteiger partial charge in [0.05, 0.1) is 5.69 Å². The Bertz CT molecular complexity index is 632. The molecule has 2 aromatic rings. The maximum Gasteiger partial charge on any atom is 0.247 e. The molecular weight excluding hydrogens is 294 g/mol. The molecule has 8 nitrogen and oxygen atoms in total. The third kappa shape index (κ3) is 3.64. The molecule has 3 heterocycles. The van der Waals surface area contributed by atoms with E-state index in [0.29, 0.717) is 6.04 Å². The SMILES string of the molecule is Cc1ccc(NC2CCN(C(=O)[C@@H](C)n3cncn3)CC2)nn1. The highest BCUT2D eigenvalue weighted by molar-refractivity contribution is 5.80. The van der Waals surface area contributed by atoms with Crippen molar-refractivity contribution in [3.63, 3.8) is 0 Å². The molecular formula is C15H21N7O. The van der Waals surface area contributed by atoms with Gasteiger partial charge in [-0.15, -0.1) is 5.10 Å². The summed E-state index contributed by atoms with van der Waals surface area (Å²) in [5, 5.41) is 15.6. The standard InChI is InChI=1S/C15H21N7O/c1-11-3-4-14(20-19-11)18-13-5-7-21(8-6-13)15(23)12(2)22-10-16-9-17-22/h3-4,9-10,12-13H,5-8H2,1-2H3,(H,18,20)/t12-/m1/s1. The van der Waals surface area contributed by atoms with Crippen LogP contribution >= 0.6 is 0 Å². The van der Waals surface area contributed by atoms with Gasteiger partial charge < -0.3 is 10.2 Å². The summed E-state index contributed by atoms with van der Waals surface area (Å²) < 4.78 is 1.59. The normalized spacial score (nSPS) is 17.0. The molecule has 1 fully saturated rings. The van der Waals surface area contributed by atoms with E-state index in [-0.39, 0.29) is 11.9 Å². The first-order valence-electron chi connectivity index (χ1n) is 7.83. The van der Waals surface area contributed by atoms with Gasteiger partial charge >= 0.3 is 0 Å². The zero-order valence-electron chi connectivity index (χ0n) is 13.4. The number of rotatable bonds is 4. The van der Waals surface area contributed by atoms with Gasteiger partial charge in [-0.25, -0.2) is 9.67 Å². The fraction of sp³-hybridized carbons (Fsp3) is 0.533. The van der Waals surface area contributed by atoms with Gasteiger partial charge in [-0.3, -0.25) is 4.79 Å². The number of likely N-dealkylation sites (tertiary alicyclic amines) is 1. The molecule has 2 aromatic heterocycles. The van der Waals surface area contributed by atoms with Crippen molar-refractivity contribution >= 4 is 11.7 Å². The Morgan fingerprint density at radius 1 is 1.30 bits per heavy atom. The monoisotopic (exact) mass is 315 g/mol. The van der Waals surface area contributed by atoms with E-state index in [1.54, 1.807) is 11.0 Å². The van der Waals surface area contributed by atoms with E-state index < -0.39 is 0 Å². The van der Waals surface area contributed by atoms with E-state index in [4.69, 9.17) is 0 Å². The third-order valence-corrected chi connectivity index (χ3v) is 4.15. The molecule has 1 atom stereocenters. The van der Waals surface area contributed by atoms with Gasteiger partial charge in [-0.2, -0.15) is 10.2 Å². The van der Waals surface area contributed by atoms with Crippen LogP contribution in [0.1, 0.15) is 31.5 Å². The Labute approximate surface area is 134 Å². The second-order valence-corrected chi connectivity index (χ2v) is 5.86.